The van der Waals surface area contributed by atoms with Crippen LogP contribution in [0.2, 0.25) is 0 Å². The van der Waals surface area contributed by atoms with Gasteiger partial charge >= 0.3 is 5.97 Å². The molecular weight excluding hydrogens is 180 g/mol. The van der Waals surface area contributed by atoms with E-state index < -0.39 is 5.97 Å². The van der Waals surface area contributed by atoms with Crippen LogP contribution >= 0.6 is 0 Å². The molecule has 0 amide bonds. The van der Waals surface area contributed by atoms with E-state index in [-0.39, 0.29) is 11.8 Å². The Bertz CT molecular complexity index is 219. The molecule has 0 aliphatic rings. The number of aldehydes is 1. The number of hydrogen-bond acceptors (Lipinski definition) is 3. The number of rotatable bonds is 6. The molecule has 14 heavy (non-hydrogen) atoms. The van der Waals surface area contributed by atoms with Crippen molar-refractivity contribution in [2.75, 3.05) is 6.61 Å². The second-order valence-electron chi connectivity index (χ2n) is 3.57. The highest BCUT2D eigenvalue weighted by Crippen LogP contribution is 2.17. The third-order valence-electron chi connectivity index (χ3n) is 2.08. The normalized spacial score (nSPS) is 12.3. The Labute approximate surface area is 85.1 Å². The molecule has 0 fully saturated rings. The van der Waals surface area contributed by atoms with Crippen molar-refractivity contribution in [3.8, 4) is 0 Å². The molecule has 0 spiro atoms. The van der Waals surface area contributed by atoms with Crippen LogP contribution in [0.3, 0.4) is 0 Å². The predicted octanol–water partition coefficient (Wildman–Crippen LogP) is 1.97. The van der Waals surface area contributed by atoms with Gasteiger partial charge in [-0.15, -0.1) is 0 Å². The first-order valence-corrected chi connectivity index (χ1v) is 4.83. The van der Waals surface area contributed by atoms with E-state index >= 15 is 0 Å². The number of carbonyl (C=O) groups is 2. The minimum Gasteiger partial charge on any atom is -0.463 e. The van der Waals surface area contributed by atoms with Crippen molar-refractivity contribution < 1.29 is 14.3 Å². The fraction of sp³-hybridized carbons (Fsp3) is 0.636. The highest BCUT2D eigenvalue weighted by molar-refractivity contribution is 5.88. The summed E-state index contributed by atoms with van der Waals surface area (Å²) in [7, 11) is 0. The average Bonchev–Trinajstić information content (AvgIpc) is 2.13. The van der Waals surface area contributed by atoms with Crippen molar-refractivity contribution in [3.05, 3.63) is 12.2 Å². The van der Waals surface area contributed by atoms with E-state index in [4.69, 9.17) is 4.74 Å². The van der Waals surface area contributed by atoms with Crippen LogP contribution in [0.25, 0.3) is 0 Å². The van der Waals surface area contributed by atoms with Gasteiger partial charge in [0, 0.05) is 11.5 Å². The van der Waals surface area contributed by atoms with Crippen molar-refractivity contribution in [1.82, 2.24) is 0 Å². The zero-order valence-electron chi connectivity index (χ0n) is 9.08. The lowest BCUT2D eigenvalue weighted by molar-refractivity contribution is -0.138. The van der Waals surface area contributed by atoms with Gasteiger partial charge in [-0.05, 0) is 19.3 Å². The molecule has 1 atom stereocenters. The van der Waals surface area contributed by atoms with Crippen LogP contribution in [-0.4, -0.2) is 18.9 Å². The standard InChI is InChI=1S/C11H18O3/c1-5-14-11(13)9(4)6-10(7-12)8(2)3/h7-8,10H,4-6H2,1-3H3/t10-/m1/s1. The maximum atomic E-state index is 11.2. The second-order valence-corrected chi connectivity index (χ2v) is 3.57. The summed E-state index contributed by atoms with van der Waals surface area (Å²) in [4.78, 5) is 21.8. The van der Waals surface area contributed by atoms with Crippen molar-refractivity contribution in [1.29, 1.82) is 0 Å². The predicted molar refractivity (Wildman–Crippen MR) is 54.8 cm³/mol. The monoisotopic (exact) mass is 198 g/mol. The molecule has 0 aliphatic heterocycles. The maximum absolute atomic E-state index is 11.2. The summed E-state index contributed by atoms with van der Waals surface area (Å²) in [6.07, 6.45) is 1.26. The first-order valence-electron chi connectivity index (χ1n) is 4.83. The van der Waals surface area contributed by atoms with Crippen LogP contribution in [0, 0.1) is 11.8 Å². The van der Waals surface area contributed by atoms with Crippen LogP contribution < -0.4 is 0 Å². The van der Waals surface area contributed by atoms with Gasteiger partial charge in [0.25, 0.3) is 0 Å². The van der Waals surface area contributed by atoms with Gasteiger partial charge in [-0.2, -0.15) is 0 Å². The highest BCUT2D eigenvalue weighted by atomic mass is 16.5. The molecule has 0 aromatic rings. The Morgan fingerprint density at radius 2 is 2.07 bits per heavy atom. The molecule has 0 saturated heterocycles. The Kier molecular flexibility index (Phi) is 5.84. The van der Waals surface area contributed by atoms with E-state index in [0.29, 0.717) is 18.6 Å². The quantitative estimate of drug-likeness (QED) is 0.372. The molecule has 3 nitrogen and oxygen atoms in total. The van der Waals surface area contributed by atoms with Crippen LogP contribution in [-0.2, 0) is 14.3 Å². The number of esters is 1. The Morgan fingerprint density at radius 1 is 1.50 bits per heavy atom. The summed E-state index contributed by atoms with van der Waals surface area (Å²) >= 11 is 0. The van der Waals surface area contributed by atoms with Gasteiger partial charge < -0.3 is 9.53 Å². The summed E-state index contributed by atoms with van der Waals surface area (Å²) in [5.41, 5.74) is 0.373. The Morgan fingerprint density at radius 3 is 2.43 bits per heavy atom. The van der Waals surface area contributed by atoms with Crippen molar-refractivity contribution in [3.63, 3.8) is 0 Å². The van der Waals surface area contributed by atoms with E-state index in [1.54, 1.807) is 6.92 Å². The van der Waals surface area contributed by atoms with Crippen LogP contribution in [0.4, 0.5) is 0 Å². The molecule has 0 aromatic carbocycles. The smallest absolute Gasteiger partial charge is 0.333 e. The van der Waals surface area contributed by atoms with E-state index in [2.05, 4.69) is 6.58 Å². The van der Waals surface area contributed by atoms with Crippen molar-refractivity contribution >= 4 is 12.3 Å². The minimum atomic E-state index is -0.403. The van der Waals surface area contributed by atoms with Crippen molar-refractivity contribution in [2.45, 2.75) is 27.2 Å². The van der Waals surface area contributed by atoms with Gasteiger partial charge in [0.15, 0.2) is 0 Å². The van der Waals surface area contributed by atoms with Gasteiger partial charge in [-0.1, -0.05) is 20.4 Å². The molecule has 0 aromatic heterocycles. The SMILES string of the molecule is C=C(C[C@H](C=O)C(C)C)C(=O)OCC. The summed E-state index contributed by atoms with van der Waals surface area (Å²) in [5.74, 6) is -0.328. The lowest BCUT2D eigenvalue weighted by Crippen LogP contribution is -2.15. The molecule has 0 heterocycles. The van der Waals surface area contributed by atoms with E-state index in [9.17, 15) is 9.59 Å². The number of carbonyl (C=O) groups excluding carboxylic acids is 2. The summed E-state index contributed by atoms with van der Waals surface area (Å²) in [6, 6.07) is 0. The molecule has 0 rings (SSSR count). The molecule has 0 unspecified atom stereocenters. The zero-order chi connectivity index (χ0) is 11.1. The largest absolute Gasteiger partial charge is 0.463 e. The van der Waals surface area contributed by atoms with Gasteiger partial charge in [0.05, 0.1) is 6.61 Å². The summed E-state index contributed by atoms with van der Waals surface area (Å²) in [5, 5.41) is 0. The number of ether oxygens (including phenoxy) is 1. The topological polar surface area (TPSA) is 43.4 Å². The van der Waals surface area contributed by atoms with Crippen molar-refractivity contribution in [2.24, 2.45) is 11.8 Å². The van der Waals surface area contributed by atoms with Gasteiger partial charge in [0.1, 0.15) is 6.29 Å². The fourth-order valence-electron chi connectivity index (χ4n) is 1.04. The van der Waals surface area contributed by atoms with Gasteiger partial charge in [0.2, 0.25) is 0 Å². The van der Waals surface area contributed by atoms with Gasteiger partial charge in [-0.3, -0.25) is 0 Å². The lowest BCUT2D eigenvalue weighted by atomic mass is 9.91. The summed E-state index contributed by atoms with van der Waals surface area (Å²) in [6.45, 7) is 9.57. The molecule has 0 saturated carbocycles. The molecular formula is C11H18O3. The molecule has 3 heteroatoms. The van der Waals surface area contributed by atoms with E-state index in [0.717, 1.165) is 6.29 Å². The molecule has 0 radical (unpaired) electrons. The Hall–Kier alpha value is -1.12. The van der Waals surface area contributed by atoms with Crippen LogP contribution in [0.15, 0.2) is 12.2 Å². The molecule has 80 valence electrons. The average molecular weight is 198 g/mol. The highest BCUT2D eigenvalue weighted by Gasteiger charge is 2.17. The molecule has 0 N–H and O–H groups in total. The van der Waals surface area contributed by atoms with E-state index in [1.165, 1.54) is 0 Å². The zero-order valence-corrected chi connectivity index (χ0v) is 9.08. The first kappa shape index (κ1) is 12.9. The molecule has 0 aliphatic carbocycles. The first-order chi connectivity index (χ1) is 6.52. The van der Waals surface area contributed by atoms with Crippen LogP contribution in [0.5, 0.6) is 0 Å². The lowest BCUT2D eigenvalue weighted by Gasteiger charge is -2.14. The van der Waals surface area contributed by atoms with Crippen LogP contribution in [0.1, 0.15) is 27.2 Å². The van der Waals surface area contributed by atoms with Gasteiger partial charge in [-0.25, -0.2) is 4.79 Å². The minimum absolute atomic E-state index is 0.146. The third kappa shape index (κ3) is 4.21. The Balaban J connectivity index is 4.15. The second kappa shape index (κ2) is 6.35. The third-order valence-corrected chi connectivity index (χ3v) is 2.08. The molecule has 0 bridgehead atoms. The summed E-state index contributed by atoms with van der Waals surface area (Å²) < 4.78 is 4.77. The van der Waals surface area contributed by atoms with E-state index in [1.807, 2.05) is 13.8 Å². The number of hydrogen-bond donors (Lipinski definition) is 0. The maximum Gasteiger partial charge on any atom is 0.333 e. The fourth-order valence-corrected chi connectivity index (χ4v) is 1.04.